The third-order valence-corrected chi connectivity index (χ3v) is 7.47. The van der Waals surface area contributed by atoms with Crippen LogP contribution in [-0.4, -0.2) is 68.0 Å². The highest BCUT2D eigenvalue weighted by molar-refractivity contribution is 7.88. The van der Waals surface area contributed by atoms with Crippen LogP contribution >= 0.6 is 0 Å². The van der Waals surface area contributed by atoms with Gasteiger partial charge in [-0.05, 0) is 24.5 Å². The molecule has 0 radical (unpaired) electrons. The Bertz CT molecular complexity index is 966. The Hall–Kier alpha value is -2.39. The maximum absolute atomic E-state index is 12.6. The van der Waals surface area contributed by atoms with Crippen molar-refractivity contribution in [3.8, 4) is 0 Å². The Morgan fingerprint density at radius 1 is 1.24 bits per heavy atom. The van der Waals surface area contributed by atoms with Crippen LogP contribution in [0.15, 0.2) is 46.1 Å². The monoisotopic (exact) mass is 417 g/mol. The van der Waals surface area contributed by atoms with E-state index in [0.29, 0.717) is 43.8 Å². The Kier molecular flexibility index (Phi) is 5.60. The molecule has 0 bridgehead atoms. The molecule has 1 N–H and O–H groups in total. The molecule has 2 fully saturated rings. The first-order valence-corrected chi connectivity index (χ1v) is 11.5. The number of nitrogens with zero attached hydrogens (tertiary/aromatic N) is 4. The van der Waals surface area contributed by atoms with Crippen LogP contribution in [0.25, 0.3) is 0 Å². The van der Waals surface area contributed by atoms with Gasteiger partial charge in [-0.1, -0.05) is 29.4 Å². The number of nitrogens with one attached hydrogen (secondary N) is 1. The average molecular weight is 418 g/mol. The van der Waals surface area contributed by atoms with Crippen molar-refractivity contribution in [2.75, 3.05) is 33.2 Å². The molecule has 156 valence electrons. The Morgan fingerprint density at radius 2 is 2.00 bits per heavy atom. The summed E-state index contributed by atoms with van der Waals surface area (Å²) in [5.41, 5.74) is 3.15. The van der Waals surface area contributed by atoms with Crippen molar-refractivity contribution in [2.24, 2.45) is 4.99 Å². The largest absolute Gasteiger partial charge is 0.364 e. The predicted molar refractivity (Wildman–Crippen MR) is 111 cm³/mol. The van der Waals surface area contributed by atoms with Crippen LogP contribution in [0.2, 0.25) is 0 Å². The van der Waals surface area contributed by atoms with Gasteiger partial charge in [-0.2, -0.15) is 4.31 Å². The Labute approximate surface area is 171 Å². The molecule has 29 heavy (non-hydrogen) atoms. The van der Waals surface area contributed by atoms with E-state index in [1.54, 1.807) is 13.1 Å². The summed E-state index contributed by atoms with van der Waals surface area (Å²) in [5, 5.41) is 7.27. The maximum Gasteiger partial charge on any atom is 0.220 e. The van der Waals surface area contributed by atoms with Crippen molar-refractivity contribution in [1.82, 2.24) is 19.7 Å². The van der Waals surface area contributed by atoms with Crippen LogP contribution < -0.4 is 5.32 Å². The Balaban J connectivity index is 1.31. The molecule has 2 atom stereocenters. The lowest BCUT2D eigenvalue weighted by atomic mass is 10.0. The van der Waals surface area contributed by atoms with Crippen LogP contribution in [0, 0.1) is 6.92 Å². The highest BCUT2D eigenvalue weighted by Crippen LogP contribution is 2.42. The minimum Gasteiger partial charge on any atom is -0.364 e. The summed E-state index contributed by atoms with van der Waals surface area (Å²) in [4.78, 5) is 6.57. The molecule has 2 heterocycles. The molecule has 9 heteroatoms. The zero-order valence-corrected chi connectivity index (χ0v) is 17.6. The van der Waals surface area contributed by atoms with E-state index in [1.807, 2.05) is 0 Å². The van der Waals surface area contributed by atoms with E-state index in [-0.39, 0.29) is 5.75 Å². The van der Waals surface area contributed by atoms with Gasteiger partial charge in [0.05, 0.1) is 5.69 Å². The van der Waals surface area contributed by atoms with Crippen LogP contribution in [0.5, 0.6) is 0 Å². The first-order valence-electron chi connectivity index (χ1n) is 9.89. The molecule has 1 aliphatic carbocycles. The summed E-state index contributed by atoms with van der Waals surface area (Å²) in [6.07, 6.45) is 2.48. The maximum atomic E-state index is 12.6. The first kappa shape index (κ1) is 19.9. The number of rotatable bonds is 5. The smallest absolute Gasteiger partial charge is 0.220 e. The molecule has 1 saturated heterocycles. The number of benzene rings is 1. The molecule has 2 aliphatic rings. The summed E-state index contributed by atoms with van der Waals surface area (Å²) in [6.45, 7) is 4.25. The summed E-state index contributed by atoms with van der Waals surface area (Å²) in [7, 11) is -1.62. The van der Waals surface area contributed by atoms with Gasteiger partial charge in [-0.25, -0.2) is 8.42 Å². The van der Waals surface area contributed by atoms with Crippen molar-refractivity contribution < 1.29 is 12.9 Å². The van der Waals surface area contributed by atoms with Crippen LogP contribution in [0.3, 0.4) is 0 Å². The van der Waals surface area contributed by atoms with Gasteiger partial charge in [-0.3, -0.25) is 4.99 Å². The molecule has 0 amide bonds. The van der Waals surface area contributed by atoms with Crippen LogP contribution in [-0.2, 0) is 15.8 Å². The number of hydrogen-bond donors (Lipinski definition) is 1. The lowest BCUT2D eigenvalue weighted by Crippen LogP contribution is -2.54. The van der Waals surface area contributed by atoms with Crippen molar-refractivity contribution in [2.45, 2.75) is 31.1 Å². The fourth-order valence-corrected chi connectivity index (χ4v) is 5.36. The lowest BCUT2D eigenvalue weighted by Gasteiger charge is -2.35. The number of aromatic nitrogens is 1. The van der Waals surface area contributed by atoms with E-state index in [4.69, 9.17) is 4.52 Å². The third kappa shape index (κ3) is 4.45. The van der Waals surface area contributed by atoms with Gasteiger partial charge in [0.15, 0.2) is 5.96 Å². The fourth-order valence-electron chi connectivity index (χ4n) is 3.93. The van der Waals surface area contributed by atoms with Crippen molar-refractivity contribution >= 4 is 16.0 Å². The van der Waals surface area contributed by atoms with Crippen molar-refractivity contribution in [3.05, 3.63) is 53.4 Å². The second-order valence-corrected chi connectivity index (χ2v) is 9.60. The second kappa shape index (κ2) is 8.16. The molecule has 0 spiro atoms. The van der Waals surface area contributed by atoms with Gasteiger partial charge in [0.1, 0.15) is 12.0 Å². The number of hydrogen-bond acceptors (Lipinski definition) is 5. The molecule has 1 aromatic heterocycles. The Morgan fingerprint density at radius 3 is 2.66 bits per heavy atom. The number of piperazine rings is 1. The zero-order valence-electron chi connectivity index (χ0n) is 16.8. The molecular weight excluding hydrogens is 390 g/mol. The van der Waals surface area contributed by atoms with Gasteiger partial charge in [0, 0.05) is 51.3 Å². The van der Waals surface area contributed by atoms with Gasteiger partial charge in [-0.15, -0.1) is 0 Å². The average Bonchev–Trinajstić information content (AvgIpc) is 3.29. The summed E-state index contributed by atoms with van der Waals surface area (Å²) in [6, 6.07) is 10.5. The fraction of sp³-hybridized carbons (Fsp3) is 0.500. The van der Waals surface area contributed by atoms with Gasteiger partial charge >= 0.3 is 0 Å². The van der Waals surface area contributed by atoms with Crippen molar-refractivity contribution in [1.29, 1.82) is 0 Å². The number of aryl methyl sites for hydroxylation is 1. The summed E-state index contributed by atoms with van der Waals surface area (Å²) >= 11 is 0. The van der Waals surface area contributed by atoms with E-state index in [0.717, 1.165) is 12.4 Å². The van der Waals surface area contributed by atoms with Crippen molar-refractivity contribution in [3.63, 3.8) is 0 Å². The molecule has 8 nitrogen and oxygen atoms in total. The summed E-state index contributed by atoms with van der Waals surface area (Å²) in [5.74, 6) is 1.23. The lowest BCUT2D eigenvalue weighted by molar-refractivity contribution is 0.259. The normalized spacial score (nSPS) is 23.2. The molecular formula is C20H27N5O3S. The highest BCUT2D eigenvalue weighted by atomic mass is 32.2. The third-order valence-electron chi connectivity index (χ3n) is 5.66. The number of guanidine groups is 1. The quantitative estimate of drug-likeness (QED) is 0.587. The summed E-state index contributed by atoms with van der Waals surface area (Å²) < 4.78 is 31.5. The molecule has 2 unspecified atom stereocenters. The molecule has 1 aromatic carbocycles. The molecule has 1 saturated carbocycles. The van der Waals surface area contributed by atoms with Gasteiger partial charge < -0.3 is 14.7 Å². The molecule has 1 aliphatic heterocycles. The van der Waals surface area contributed by atoms with E-state index in [2.05, 4.69) is 51.6 Å². The van der Waals surface area contributed by atoms with E-state index in [1.165, 1.54) is 21.7 Å². The van der Waals surface area contributed by atoms with Gasteiger partial charge in [0.25, 0.3) is 0 Å². The minimum absolute atomic E-state index is 0.128. The standard InChI is InChI=1S/C20H27N5O3S/c1-15-5-3-4-6-17(15)18-13-19(18)22-20(21-2)24-8-10-25(11-9-24)29(26,27)14-16-7-12-28-23-16/h3-7,12,18-19H,8-11,13-14H2,1-2H3,(H,21,22). The zero-order chi connectivity index (χ0) is 20.4. The van der Waals surface area contributed by atoms with E-state index < -0.39 is 10.0 Å². The second-order valence-electron chi connectivity index (χ2n) is 7.63. The van der Waals surface area contributed by atoms with Crippen LogP contribution in [0.4, 0.5) is 0 Å². The SMILES string of the molecule is CN=C(NC1CC1c1ccccc1C)N1CCN(S(=O)(=O)Cc2ccon2)CC1. The van der Waals surface area contributed by atoms with Gasteiger partial charge in [0.2, 0.25) is 10.0 Å². The highest BCUT2D eigenvalue weighted by Gasteiger charge is 2.40. The minimum atomic E-state index is -3.40. The molecule has 4 rings (SSSR count). The van der Waals surface area contributed by atoms with E-state index >= 15 is 0 Å². The molecule has 2 aromatic rings. The number of aliphatic imine (C=N–C) groups is 1. The topological polar surface area (TPSA) is 91.0 Å². The predicted octanol–water partition coefficient (Wildman–Crippen LogP) is 1.56. The van der Waals surface area contributed by atoms with E-state index in [9.17, 15) is 8.42 Å². The van der Waals surface area contributed by atoms with Crippen LogP contribution in [0.1, 0.15) is 29.2 Å². The number of sulfonamides is 1. The first-order chi connectivity index (χ1) is 14.0.